The van der Waals surface area contributed by atoms with Crippen LogP contribution >= 0.6 is 0 Å². The summed E-state index contributed by atoms with van der Waals surface area (Å²) in [7, 11) is 1.20. The number of aromatic carboxylic acids is 1. The van der Waals surface area contributed by atoms with Gasteiger partial charge in [0, 0.05) is 6.07 Å². The highest BCUT2D eigenvalue weighted by Crippen LogP contribution is 2.38. The normalized spacial score (nSPS) is 9.88. The molecule has 2 N–H and O–H groups in total. The number of phenolic OH excluding ortho intramolecular Hbond substituents is 1. The van der Waals surface area contributed by atoms with Gasteiger partial charge in [0.05, 0.1) is 17.6 Å². The highest BCUT2D eigenvalue weighted by molar-refractivity contribution is 5.93. The summed E-state index contributed by atoms with van der Waals surface area (Å²) in [5.41, 5.74) is -0.894. The van der Waals surface area contributed by atoms with Crippen LogP contribution < -0.4 is 4.74 Å². The van der Waals surface area contributed by atoms with Crippen LogP contribution in [0.3, 0.4) is 0 Å². The van der Waals surface area contributed by atoms with Crippen LogP contribution in [0, 0.1) is 17.0 Å². The second-order valence-corrected chi connectivity index (χ2v) is 3.01. The third kappa shape index (κ3) is 1.74. The molecule has 0 atom stereocenters. The van der Waals surface area contributed by atoms with Crippen molar-refractivity contribution in [3.8, 4) is 11.5 Å². The van der Waals surface area contributed by atoms with Crippen LogP contribution in [-0.4, -0.2) is 28.2 Å². The number of nitrogens with zero attached hydrogens (tertiary/aromatic N) is 1. The van der Waals surface area contributed by atoms with Gasteiger partial charge in [0.25, 0.3) is 0 Å². The SMILES string of the molecule is COc1c(C(=O)O)cc(O)c([N+](=O)[O-])c1C. The fourth-order valence-corrected chi connectivity index (χ4v) is 1.42. The number of nitro groups is 1. The average Bonchev–Trinajstić information content (AvgIpc) is 2.16. The van der Waals surface area contributed by atoms with E-state index in [1.165, 1.54) is 14.0 Å². The molecule has 0 spiro atoms. The van der Waals surface area contributed by atoms with Crippen molar-refractivity contribution in [2.75, 3.05) is 7.11 Å². The third-order valence-electron chi connectivity index (χ3n) is 2.08. The zero-order chi connectivity index (χ0) is 12.5. The van der Waals surface area contributed by atoms with Crippen molar-refractivity contribution < 1.29 is 24.7 Å². The van der Waals surface area contributed by atoms with Crippen molar-refractivity contribution in [1.29, 1.82) is 0 Å². The third-order valence-corrected chi connectivity index (χ3v) is 2.08. The van der Waals surface area contributed by atoms with E-state index in [4.69, 9.17) is 9.84 Å². The van der Waals surface area contributed by atoms with Gasteiger partial charge in [-0.3, -0.25) is 10.1 Å². The number of nitro benzene ring substituents is 1. The van der Waals surface area contributed by atoms with Crippen LogP contribution in [0.2, 0.25) is 0 Å². The van der Waals surface area contributed by atoms with Gasteiger partial charge in [-0.1, -0.05) is 0 Å². The molecule has 0 unspecified atom stereocenters. The van der Waals surface area contributed by atoms with Gasteiger partial charge in [-0.15, -0.1) is 0 Å². The predicted octanol–water partition coefficient (Wildman–Crippen LogP) is 1.32. The number of ether oxygens (including phenoxy) is 1. The molecule has 1 aromatic carbocycles. The van der Waals surface area contributed by atoms with Crippen LogP contribution in [0.25, 0.3) is 0 Å². The maximum absolute atomic E-state index is 10.8. The molecule has 0 bridgehead atoms. The molecule has 0 amide bonds. The van der Waals surface area contributed by atoms with Gasteiger partial charge in [-0.05, 0) is 6.92 Å². The molecule has 86 valence electrons. The summed E-state index contributed by atoms with van der Waals surface area (Å²) >= 11 is 0. The van der Waals surface area contributed by atoms with E-state index in [1.807, 2.05) is 0 Å². The number of carboxylic acids is 1. The fraction of sp³-hybridized carbons (Fsp3) is 0.222. The fourth-order valence-electron chi connectivity index (χ4n) is 1.42. The number of benzene rings is 1. The van der Waals surface area contributed by atoms with E-state index >= 15 is 0 Å². The molecule has 0 aromatic heterocycles. The topological polar surface area (TPSA) is 110 Å². The molecule has 7 heteroatoms. The number of methoxy groups -OCH3 is 1. The molecule has 16 heavy (non-hydrogen) atoms. The zero-order valence-corrected chi connectivity index (χ0v) is 8.55. The molecule has 1 aromatic rings. The highest BCUT2D eigenvalue weighted by atomic mass is 16.6. The van der Waals surface area contributed by atoms with E-state index in [-0.39, 0.29) is 16.9 Å². The van der Waals surface area contributed by atoms with Crippen molar-refractivity contribution in [3.63, 3.8) is 0 Å². The Hall–Kier alpha value is -2.31. The first-order chi connectivity index (χ1) is 7.40. The minimum Gasteiger partial charge on any atom is -0.502 e. The largest absolute Gasteiger partial charge is 0.502 e. The number of hydrogen-bond donors (Lipinski definition) is 2. The smallest absolute Gasteiger partial charge is 0.339 e. The molecular formula is C9H9NO6. The number of aromatic hydroxyl groups is 1. The number of carboxylic acid groups (broad SMARTS) is 1. The molecule has 0 saturated heterocycles. The predicted molar refractivity (Wildman–Crippen MR) is 53.0 cm³/mol. The molecule has 0 radical (unpaired) electrons. The Balaban J connectivity index is 3.62. The van der Waals surface area contributed by atoms with Gasteiger partial charge in [-0.2, -0.15) is 0 Å². The van der Waals surface area contributed by atoms with Gasteiger partial charge in [0.2, 0.25) is 0 Å². The summed E-state index contributed by atoms with van der Waals surface area (Å²) in [6, 6.07) is 0.798. The maximum atomic E-state index is 10.8. The lowest BCUT2D eigenvalue weighted by molar-refractivity contribution is -0.386. The lowest BCUT2D eigenvalue weighted by Gasteiger charge is -2.09. The van der Waals surface area contributed by atoms with Gasteiger partial charge in [0.15, 0.2) is 5.75 Å². The Morgan fingerprint density at radius 1 is 1.56 bits per heavy atom. The lowest BCUT2D eigenvalue weighted by atomic mass is 10.1. The van der Waals surface area contributed by atoms with Gasteiger partial charge >= 0.3 is 11.7 Å². The minimum atomic E-state index is -1.33. The molecule has 0 saturated carbocycles. The summed E-state index contributed by atoms with van der Waals surface area (Å²) in [5, 5.41) is 28.8. The van der Waals surface area contributed by atoms with Crippen molar-refractivity contribution in [3.05, 3.63) is 27.3 Å². The quantitative estimate of drug-likeness (QED) is 0.595. The zero-order valence-electron chi connectivity index (χ0n) is 8.55. The van der Waals surface area contributed by atoms with E-state index in [0.29, 0.717) is 0 Å². The Morgan fingerprint density at radius 3 is 2.50 bits per heavy atom. The van der Waals surface area contributed by atoms with E-state index < -0.39 is 22.3 Å². The van der Waals surface area contributed by atoms with E-state index in [1.54, 1.807) is 0 Å². The van der Waals surface area contributed by atoms with Crippen molar-refractivity contribution in [2.45, 2.75) is 6.92 Å². The summed E-state index contributed by atoms with van der Waals surface area (Å²) in [6.07, 6.45) is 0. The van der Waals surface area contributed by atoms with Crippen LogP contribution in [0.4, 0.5) is 5.69 Å². The van der Waals surface area contributed by atoms with Crippen molar-refractivity contribution >= 4 is 11.7 Å². The first-order valence-corrected chi connectivity index (χ1v) is 4.18. The molecule has 0 heterocycles. The van der Waals surface area contributed by atoms with E-state index in [9.17, 15) is 20.0 Å². The minimum absolute atomic E-state index is 0.0232. The Labute approximate surface area is 90.0 Å². The van der Waals surface area contributed by atoms with Crippen LogP contribution in [0.15, 0.2) is 6.07 Å². The first-order valence-electron chi connectivity index (χ1n) is 4.18. The van der Waals surface area contributed by atoms with Gasteiger partial charge in [0.1, 0.15) is 11.3 Å². The van der Waals surface area contributed by atoms with E-state index in [0.717, 1.165) is 6.07 Å². The average molecular weight is 227 g/mol. The number of rotatable bonds is 3. The van der Waals surface area contributed by atoms with E-state index in [2.05, 4.69) is 0 Å². The van der Waals surface area contributed by atoms with Crippen molar-refractivity contribution in [2.24, 2.45) is 0 Å². The molecular weight excluding hydrogens is 218 g/mol. The second-order valence-electron chi connectivity index (χ2n) is 3.01. The molecule has 0 fully saturated rings. The summed E-state index contributed by atoms with van der Waals surface area (Å²) in [4.78, 5) is 20.6. The molecule has 0 aliphatic carbocycles. The summed E-state index contributed by atoms with van der Waals surface area (Å²) in [5.74, 6) is -2.15. The second kappa shape index (κ2) is 4.05. The number of hydrogen-bond acceptors (Lipinski definition) is 5. The van der Waals surface area contributed by atoms with Crippen molar-refractivity contribution in [1.82, 2.24) is 0 Å². The first kappa shape index (κ1) is 11.8. The molecule has 0 aliphatic rings. The Bertz CT molecular complexity index is 468. The van der Waals surface area contributed by atoms with Crippen LogP contribution in [0.1, 0.15) is 15.9 Å². The number of carbonyl (C=O) groups is 1. The Kier molecular flexibility index (Phi) is 2.98. The van der Waals surface area contributed by atoms with Gasteiger partial charge in [-0.25, -0.2) is 4.79 Å². The molecule has 7 nitrogen and oxygen atoms in total. The molecule has 0 aliphatic heterocycles. The maximum Gasteiger partial charge on any atom is 0.339 e. The standard InChI is InChI=1S/C9H9NO6/c1-4-7(10(14)15)6(11)3-5(9(12)13)8(4)16-2/h3,11H,1-2H3,(H,12,13). The lowest BCUT2D eigenvalue weighted by Crippen LogP contribution is -2.04. The highest BCUT2D eigenvalue weighted by Gasteiger charge is 2.26. The summed E-state index contributed by atoms with van der Waals surface area (Å²) in [6.45, 7) is 1.31. The van der Waals surface area contributed by atoms with Crippen LogP contribution in [0.5, 0.6) is 11.5 Å². The van der Waals surface area contributed by atoms with Gasteiger partial charge < -0.3 is 14.9 Å². The summed E-state index contributed by atoms with van der Waals surface area (Å²) < 4.78 is 4.79. The van der Waals surface area contributed by atoms with Crippen LogP contribution in [-0.2, 0) is 0 Å². The Morgan fingerprint density at radius 2 is 2.12 bits per heavy atom. The molecule has 1 rings (SSSR count). The number of phenols is 1. The monoisotopic (exact) mass is 227 g/mol.